The smallest absolute Gasteiger partial charge is 0.0834 e. The van der Waals surface area contributed by atoms with Crippen molar-refractivity contribution < 1.29 is 0 Å². The van der Waals surface area contributed by atoms with Crippen molar-refractivity contribution in [2.45, 2.75) is 19.3 Å². The van der Waals surface area contributed by atoms with Crippen molar-refractivity contribution >= 4 is 57.3 Å². The third-order valence-electron chi connectivity index (χ3n) is 7.16. The fourth-order valence-corrected chi connectivity index (χ4v) is 5.78. The van der Waals surface area contributed by atoms with Crippen LogP contribution in [0.3, 0.4) is 0 Å². The Balaban J connectivity index is 1.61. The predicted octanol–water partition coefficient (Wildman–Crippen LogP) is 10.6. The molecule has 0 aliphatic carbocycles. The molecule has 1 heterocycles. The average molecular weight is 521 g/mol. The minimum Gasteiger partial charge on any atom is -0.310 e. The molecule has 0 atom stereocenters. The lowest BCUT2D eigenvalue weighted by Gasteiger charge is -2.42. The summed E-state index contributed by atoms with van der Waals surface area (Å²) in [6.45, 7) is 4.57. The SMILES string of the molecule is CC1(C)c2ccccc2N(c2cc(Cl)c(Cl)c(N(c3ccccc3)c3ccccc3)c2)c2ccccc21. The number of hydrogen-bond acceptors (Lipinski definition) is 2. The minimum absolute atomic E-state index is 0.136. The molecular weight excluding hydrogens is 495 g/mol. The molecule has 37 heavy (non-hydrogen) atoms. The molecule has 0 bridgehead atoms. The monoisotopic (exact) mass is 520 g/mol. The molecule has 0 fully saturated rings. The van der Waals surface area contributed by atoms with Crippen molar-refractivity contribution in [1.82, 2.24) is 0 Å². The van der Waals surface area contributed by atoms with Crippen molar-refractivity contribution in [3.8, 4) is 0 Å². The molecule has 1 aliphatic heterocycles. The number of rotatable bonds is 4. The second kappa shape index (κ2) is 9.30. The Morgan fingerprint density at radius 1 is 0.595 bits per heavy atom. The number of halogens is 2. The van der Waals surface area contributed by atoms with Crippen molar-refractivity contribution in [3.05, 3.63) is 142 Å². The summed E-state index contributed by atoms with van der Waals surface area (Å²) in [5.74, 6) is 0. The van der Waals surface area contributed by atoms with E-state index in [1.54, 1.807) is 0 Å². The van der Waals surface area contributed by atoms with Crippen LogP contribution in [-0.2, 0) is 5.41 Å². The maximum Gasteiger partial charge on any atom is 0.0834 e. The van der Waals surface area contributed by atoms with Crippen LogP contribution in [-0.4, -0.2) is 0 Å². The van der Waals surface area contributed by atoms with E-state index in [1.807, 2.05) is 42.5 Å². The summed E-state index contributed by atoms with van der Waals surface area (Å²) in [6.07, 6.45) is 0. The zero-order chi connectivity index (χ0) is 25.6. The van der Waals surface area contributed by atoms with Crippen LogP contribution in [0.25, 0.3) is 0 Å². The highest BCUT2D eigenvalue weighted by Crippen LogP contribution is 2.53. The molecule has 0 N–H and O–H groups in total. The molecule has 0 saturated heterocycles. The van der Waals surface area contributed by atoms with Crippen LogP contribution in [0.5, 0.6) is 0 Å². The van der Waals surface area contributed by atoms with Gasteiger partial charge >= 0.3 is 0 Å². The number of para-hydroxylation sites is 4. The van der Waals surface area contributed by atoms with Gasteiger partial charge in [-0.3, -0.25) is 0 Å². The first-order valence-electron chi connectivity index (χ1n) is 12.4. The van der Waals surface area contributed by atoms with E-state index < -0.39 is 0 Å². The largest absolute Gasteiger partial charge is 0.310 e. The molecule has 2 nitrogen and oxygen atoms in total. The number of anilines is 6. The lowest BCUT2D eigenvalue weighted by atomic mass is 9.73. The quantitative estimate of drug-likeness (QED) is 0.232. The summed E-state index contributed by atoms with van der Waals surface area (Å²) in [5, 5.41) is 1.02. The maximum absolute atomic E-state index is 6.95. The van der Waals surface area contributed by atoms with Crippen molar-refractivity contribution in [2.24, 2.45) is 0 Å². The van der Waals surface area contributed by atoms with Gasteiger partial charge in [0.25, 0.3) is 0 Å². The molecular formula is C33H26Cl2N2. The molecule has 0 saturated carbocycles. The van der Waals surface area contributed by atoms with E-state index in [2.05, 4.69) is 103 Å². The molecule has 4 heteroatoms. The fraction of sp³-hybridized carbons (Fsp3) is 0.0909. The van der Waals surface area contributed by atoms with Gasteiger partial charge in [0.15, 0.2) is 0 Å². The van der Waals surface area contributed by atoms with E-state index in [9.17, 15) is 0 Å². The number of fused-ring (bicyclic) bond motifs is 2. The first kappa shape index (κ1) is 23.7. The first-order chi connectivity index (χ1) is 18.0. The van der Waals surface area contributed by atoms with Crippen molar-refractivity contribution in [2.75, 3.05) is 9.80 Å². The van der Waals surface area contributed by atoms with Crippen LogP contribution in [0, 0.1) is 0 Å². The van der Waals surface area contributed by atoms with E-state index in [4.69, 9.17) is 23.2 Å². The highest BCUT2D eigenvalue weighted by atomic mass is 35.5. The number of nitrogens with zero attached hydrogens (tertiary/aromatic N) is 2. The zero-order valence-corrected chi connectivity index (χ0v) is 22.2. The van der Waals surface area contributed by atoms with Crippen LogP contribution in [0.2, 0.25) is 10.0 Å². The molecule has 5 aromatic carbocycles. The van der Waals surface area contributed by atoms with E-state index in [-0.39, 0.29) is 5.41 Å². The van der Waals surface area contributed by atoms with E-state index in [0.29, 0.717) is 10.0 Å². The lowest BCUT2D eigenvalue weighted by Crippen LogP contribution is -2.30. The van der Waals surface area contributed by atoms with Gasteiger partial charge in [0.1, 0.15) is 0 Å². The Kier molecular flexibility index (Phi) is 5.95. The summed E-state index contributed by atoms with van der Waals surface area (Å²) in [6, 6.07) is 41.8. The fourth-order valence-electron chi connectivity index (χ4n) is 5.38. The van der Waals surface area contributed by atoms with Crippen LogP contribution in [0.15, 0.2) is 121 Å². The molecule has 0 amide bonds. The Hall–Kier alpha value is -3.72. The molecule has 182 valence electrons. The summed E-state index contributed by atoms with van der Waals surface area (Å²) < 4.78 is 0. The van der Waals surface area contributed by atoms with Gasteiger partial charge in [-0.15, -0.1) is 0 Å². The molecule has 1 aliphatic rings. The number of hydrogen-bond donors (Lipinski definition) is 0. The Morgan fingerprint density at radius 3 is 1.57 bits per heavy atom. The third kappa shape index (κ3) is 3.98. The van der Waals surface area contributed by atoms with Crippen LogP contribution in [0.1, 0.15) is 25.0 Å². The molecule has 0 aromatic heterocycles. The normalized spacial score (nSPS) is 13.6. The van der Waals surface area contributed by atoms with Gasteiger partial charge < -0.3 is 9.80 Å². The summed E-state index contributed by atoms with van der Waals surface area (Å²) in [5.41, 5.74) is 8.46. The van der Waals surface area contributed by atoms with Crippen LogP contribution >= 0.6 is 23.2 Å². The second-order valence-corrected chi connectivity index (χ2v) is 10.5. The van der Waals surface area contributed by atoms with Crippen LogP contribution < -0.4 is 9.80 Å². The second-order valence-electron chi connectivity index (χ2n) is 9.76. The maximum atomic E-state index is 6.95. The predicted molar refractivity (Wildman–Crippen MR) is 158 cm³/mol. The van der Waals surface area contributed by atoms with Crippen LogP contribution in [0.4, 0.5) is 34.1 Å². The van der Waals surface area contributed by atoms with E-state index >= 15 is 0 Å². The molecule has 0 unspecified atom stereocenters. The van der Waals surface area contributed by atoms with Gasteiger partial charge in [0, 0.05) is 22.5 Å². The van der Waals surface area contributed by atoms with E-state index in [0.717, 1.165) is 34.1 Å². The van der Waals surface area contributed by atoms with Crippen molar-refractivity contribution in [3.63, 3.8) is 0 Å². The van der Waals surface area contributed by atoms with Gasteiger partial charge in [-0.2, -0.15) is 0 Å². The first-order valence-corrected chi connectivity index (χ1v) is 13.1. The Morgan fingerprint density at radius 2 is 1.05 bits per heavy atom. The van der Waals surface area contributed by atoms with Gasteiger partial charge in [-0.1, -0.05) is 110 Å². The van der Waals surface area contributed by atoms with E-state index in [1.165, 1.54) is 11.1 Å². The Bertz CT molecular complexity index is 1490. The van der Waals surface area contributed by atoms with Gasteiger partial charge in [0.05, 0.1) is 27.1 Å². The average Bonchev–Trinajstić information content (AvgIpc) is 2.93. The van der Waals surface area contributed by atoms with Gasteiger partial charge in [0.2, 0.25) is 0 Å². The molecule has 0 radical (unpaired) electrons. The summed E-state index contributed by atoms with van der Waals surface area (Å²) in [7, 11) is 0. The van der Waals surface area contributed by atoms with Gasteiger partial charge in [-0.25, -0.2) is 0 Å². The standard InChI is InChI=1S/C33H26Cl2N2/c1-33(2)26-17-9-11-19-29(26)37(30-20-12-10-18-27(30)33)25-21-28(34)32(35)31(22-25)36(23-13-5-3-6-14-23)24-15-7-4-8-16-24/h3-22H,1-2H3. The minimum atomic E-state index is -0.136. The topological polar surface area (TPSA) is 6.48 Å². The van der Waals surface area contributed by atoms with Crippen molar-refractivity contribution in [1.29, 1.82) is 0 Å². The van der Waals surface area contributed by atoms with Gasteiger partial charge in [-0.05, 0) is 59.7 Å². The Labute approximate surface area is 228 Å². The highest BCUT2D eigenvalue weighted by Gasteiger charge is 2.36. The zero-order valence-electron chi connectivity index (χ0n) is 20.7. The number of benzene rings is 5. The molecule has 0 spiro atoms. The third-order valence-corrected chi connectivity index (χ3v) is 7.95. The molecule has 5 aromatic rings. The summed E-state index contributed by atoms with van der Waals surface area (Å²) >= 11 is 13.8. The lowest BCUT2D eigenvalue weighted by molar-refractivity contribution is 0.632. The summed E-state index contributed by atoms with van der Waals surface area (Å²) in [4.78, 5) is 4.46. The highest BCUT2D eigenvalue weighted by molar-refractivity contribution is 6.44. The molecule has 6 rings (SSSR count).